The highest BCUT2D eigenvalue weighted by atomic mass is 31.2. The molecule has 2 fully saturated rings. The van der Waals surface area contributed by atoms with Gasteiger partial charge in [-0.1, -0.05) is 0 Å². The van der Waals surface area contributed by atoms with Crippen molar-refractivity contribution in [2.24, 2.45) is 0 Å². The number of hydrogen-bond donors (Lipinski definition) is 3. The number of rotatable bonds is 2. The number of nitrogens with zero attached hydrogens (tertiary/aromatic N) is 3. The van der Waals surface area contributed by atoms with Crippen molar-refractivity contribution < 1.29 is 28.0 Å². The van der Waals surface area contributed by atoms with Gasteiger partial charge in [-0.15, -0.1) is 0 Å². The van der Waals surface area contributed by atoms with Crippen molar-refractivity contribution in [3.8, 4) is 0 Å². The maximum atomic E-state index is 11.9. The summed E-state index contributed by atoms with van der Waals surface area (Å²) in [5.74, 6) is -0.0712. The van der Waals surface area contributed by atoms with Crippen LogP contribution in [0.4, 0.5) is 5.95 Å². The number of imidazole rings is 1. The van der Waals surface area contributed by atoms with Crippen LogP contribution < -0.4 is 11.3 Å². The van der Waals surface area contributed by atoms with Crippen molar-refractivity contribution in [1.29, 1.82) is 0 Å². The normalized spacial score (nSPS) is 36.1. The first-order valence-electron chi connectivity index (χ1n) is 6.96. The monoisotopic (exact) mass is 359 g/mol. The number of anilines is 1. The zero-order valence-corrected chi connectivity index (χ0v) is 13.3. The number of phosphoric ester groups is 1. The zero-order valence-electron chi connectivity index (χ0n) is 12.4. The number of phosphoric acid groups is 1. The molecule has 0 saturated carbocycles. The molecule has 0 aliphatic carbocycles. The molecule has 24 heavy (non-hydrogen) atoms. The van der Waals surface area contributed by atoms with E-state index in [-0.39, 0.29) is 23.7 Å². The third kappa shape index (κ3) is 2.35. The molecular formula is C11H14N5O7P. The highest BCUT2D eigenvalue weighted by molar-refractivity contribution is 7.47. The zero-order chi connectivity index (χ0) is 17.1. The number of aromatic nitrogens is 4. The molecule has 13 heteroatoms. The van der Waals surface area contributed by atoms with Gasteiger partial charge in [-0.25, -0.2) is 9.55 Å². The number of ether oxygens (including phenoxy) is 2. The molecule has 1 unspecified atom stereocenters. The molecule has 2 aliphatic heterocycles. The van der Waals surface area contributed by atoms with E-state index in [1.807, 2.05) is 0 Å². The number of aromatic amines is 1. The Morgan fingerprint density at radius 3 is 3.12 bits per heavy atom. The van der Waals surface area contributed by atoms with Crippen molar-refractivity contribution in [2.75, 3.05) is 19.5 Å². The molecule has 130 valence electrons. The SMILES string of the molecule is CO[C@@H]1[C@@H]2OP(=O)(O)OC[C@H]2O[C@H]1n1cnc2c(=O)[nH]c(N)nc21. The fraction of sp³-hybridized carbons (Fsp3) is 0.545. The van der Waals surface area contributed by atoms with Crippen LogP contribution in [0.1, 0.15) is 6.23 Å². The molecule has 2 aliphatic rings. The van der Waals surface area contributed by atoms with E-state index in [0.29, 0.717) is 0 Å². The van der Waals surface area contributed by atoms with Crippen LogP contribution in [-0.4, -0.2) is 56.4 Å². The maximum Gasteiger partial charge on any atom is 0.472 e. The lowest BCUT2D eigenvalue weighted by Crippen LogP contribution is -2.40. The number of hydrogen-bond acceptors (Lipinski definition) is 9. The molecule has 0 bridgehead atoms. The summed E-state index contributed by atoms with van der Waals surface area (Å²) in [5.41, 5.74) is 5.38. The first-order valence-corrected chi connectivity index (χ1v) is 8.45. The average molecular weight is 359 g/mol. The molecule has 0 amide bonds. The van der Waals surface area contributed by atoms with Gasteiger partial charge in [0.2, 0.25) is 5.95 Å². The van der Waals surface area contributed by atoms with E-state index in [0.717, 1.165) is 0 Å². The molecule has 4 N–H and O–H groups in total. The van der Waals surface area contributed by atoms with Gasteiger partial charge in [0.05, 0.1) is 12.9 Å². The summed E-state index contributed by atoms with van der Waals surface area (Å²) >= 11 is 0. The lowest BCUT2D eigenvalue weighted by molar-refractivity contribution is -0.0667. The largest absolute Gasteiger partial charge is 0.472 e. The molecule has 4 rings (SSSR count). The summed E-state index contributed by atoms with van der Waals surface area (Å²) < 4.78 is 34.2. The van der Waals surface area contributed by atoms with E-state index in [2.05, 4.69) is 15.0 Å². The fourth-order valence-electron chi connectivity index (χ4n) is 2.93. The van der Waals surface area contributed by atoms with Crippen molar-refractivity contribution >= 4 is 24.9 Å². The van der Waals surface area contributed by atoms with E-state index in [4.69, 9.17) is 24.3 Å². The third-order valence-electron chi connectivity index (χ3n) is 3.94. The first-order chi connectivity index (χ1) is 11.4. The van der Waals surface area contributed by atoms with Gasteiger partial charge < -0.3 is 20.1 Å². The topological polar surface area (TPSA) is 164 Å². The first kappa shape index (κ1) is 15.7. The van der Waals surface area contributed by atoms with Gasteiger partial charge in [-0.3, -0.25) is 23.4 Å². The summed E-state index contributed by atoms with van der Waals surface area (Å²) in [4.78, 5) is 31.8. The summed E-state index contributed by atoms with van der Waals surface area (Å²) in [6.45, 7) is -0.127. The Morgan fingerprint density at radius 1 is 1.58 bits per heavy atom. The third-order valence-corrected chi connectivity index (χ3v) is 4.92. The molecule has 5 atom stereocenters. The van der Waals surface area contributed by atoms with E-state index in [1.165, 1.54) is 18.0 Å². The Kier molecular flexibility index (Phi) is 3.49. The molecule has 12 nitrogen and oxygen atoms in total. The van der Waals surface area contributed by atoms with Crippen LogP contribution in [0.25, 0.3) is 11.2 Å². The van der Waals surface area contributed by atoms with E-state index < -0.39 is 37.9 Å². The van der Waals surface area contributed by atoms with Crippen LogP contribution in [0.15, 0.2) is 11.1 Å². The van der Waals surface area contributed by atoms with Crippen LogP contribution in [-0.2, 0) is 23.1 Å². The number of nitrogen functional groups attached to an aromatic ring is 1. The Bertz CT molecular complexity index is 897. The highest BCUT2D eigenvalue weighted by Gasteiger charge is 2.53. The molecule has 2 saturated heterocycles. The molecule has 0 radical (unpaired) electrons. The van der Waals surface area contributed by atoms with Gasteiger partial charge in [0.1, 0.15) is 18.3 Å². The summed E-state index contributed by atoms with van der Waals surface area (Å²) in [6.07, 6.45) is -1.60. The quantitative estimate of drug-likeness (QED) is 0.574. The molecule has 0 aromatic carbocycles. The van der Waals surface area contributed by atoms with Crippen molar-refractivity contribution in [3.63, 3.8) is 0 Å². The second kappa shape index (κ2) is 5.34. The van der Waals surface area contributed by atoms with Crippen LogP contribution in [0.2, 0.25) is 0 Å². The molecule has 4 heterocycles. The number of nitrogens with one attached hydrogen (secondary N) is 1. The van der Waals surface area contributed by atoms with E-state index in [9.17, 15) is 14.3 Å². The highest BCUT2D eigenvalue weighted by Crippen LogP contribution is 2.53. The Balaban J connectivity index is 1.77. The van der Waals surface area contributed by atoms with Gasteiger partial charge in [0, 0.05) is 7.11 Å². The predicted molar refractivity (Wildman–Crippen MR) is 77.9 cm³/mol. The minimum Gasteiger partial charge on any atom is -0.374 e. The fourth-order valence-corrected chi connectivity index (χ4v) is 3.88. The van der Waals surface area contributed by atoms with Gasteiger partial charge in [-0.2, -0.15) is 4.98 Å². The van der Waals surface area contributed by atoms with Crippen molar-refractivity contribution in [2.45, 2.75) is 24.5 Å². The van der Waals surface area contributed by atoms with Crippen molar-refractivity contribution in [1.82, 2.24) is 19.5 Å². The Hall–Kier alpha value is -1.82. The van der Waals surface area contributed by atoms with Gasteiger partial charge in [0.25, 0.3) is 5.56 Å². The van der Waals surface area contributed by atoms with Crippen LogP contribution >= 0.6 is 7.82 Å². The Labute approximate surface area is 134 Å². The predicted octanol–water partition coefficient (Wildman–Crippen LogP) is -0.870. The second-order valence-corrected chi connectivity index (χ2v) is 6.78. The standard InChI is InChI=1S/C11H14N5O7P/c1-20-7-6-4(2-21-24(18,19)23-6)22-10(7)16-3-13-5-8(16)14-11(12)15-9(5)17/h3-4,6-7,10H,2H2,1H3,(H,18,19)(H3,12,14,15,17)/t4-,6-,7-,10-/m1/s1. The number of H-pyrrole nitrogens is 1. The van der Waals surface area contributed by atoms with Crippen molar-refractivity contribution in [3.05, 3.63) is 16.7 Å². The summed E-state index contributed by atoms with van der Waals surface area (Å²) in [6, 6.07) is 0. The van der Waals surface area contributed by atoms with Crippen LogP contribution in [0, 0.1) is 0 Å². The van der Waals surface area contributed by atoms with Crippen LogP contribution in [0.3, 0.4) is 0 Å². The molecule has 2 aromatic heterocycles. The minimum atomic E-state index is -4.15. The van der Waals surface area contributed by atoms with E-state index in [1.54, 1.807) is 0 Å². The summed E-state index contributed by atoms with van der Waals surface area (Å²) in [5, 5.41) is 0. The van der Waals surface area contributed by atoms with Gasteiger partial charge in [-0.05, 0) is 0 Å². The lowest BCUT2D eigenvalue weighted by Gasteiger charge is -2.29. The molecular weight excluding hydrogens is 345 g/mol. The second-order valence-electron chi connectivity index (χ2n) is 5.37. The summed E-state index contributed by atoms with van der Waals surface area (Å²) in [7, 11) is -2.73. The van der Waals surface area contributed by atoms with E-state index >= 15 is 0 Å². The smallest absolute Gasteiger partial charge is 0.374 e. The van der Waals surface area contributed by atoms with Gasteiger partial charge >= 0.3 is 7.82 Å². The molecule has 2 aromatic rings. The number of nitrogens with two attached hydrogens (primary N) is 1. The maximum absolute atomic E-state index is 11.9. The Morgan fingerprint density at radius 2 is 2.38 bits per heavy atom. The average Bonchev–Trinajstić information content (AvgIpc) is 3.06. The number of methoxy groups -OCH3 is 1. The lowest BCUT2D eigenvalue weighted by atomic mass is 10.1. The van der Waals surface area contributed by atoms with Gasteiger partial charge in [0.15, 0.2) is 17.4 Å². The molecule has 0 spiro atoms. The number of fused-ring (bicyclic) bond motifs is 2. The minimum absolute atomic E-state index is 0.0712. The van der Waals surface area contributed by atoms with Crippen LogP contribution in [0.5, 0.6) is 0 Å².